The van der Waals surface area contributed by atoms with Gasteiger partial charge < -0.3 is 0 Å². The number of allylic oxidation sites excluding steroid dienone is 1. The highest BCUT2D eigenvalue weighted by Gasteiger charge is 2.11. The maximum Gasteiger partial charge on any atom is 0.0275 e. The third-order valence-electron chi connectivity index (χ3n) is 3.41. The Bertz CT molecular complexity index is 681. The van der Waals surface area contributed by atoms with Crippen molar-refractivity contribution in [3.63, 3.8) is 0 Å². The fourth-order valence-electron chi connectivity index (χ4n) is 2.38. The van der Waals surface area contributed by atoms with Crippen molar-refractivity contribution in [1.29, 1.82) is 0 Å². The van der Waals surface area contributed by atoms with Gasteiger partial charge in [-0.2, -0.15) is 11.3 Å². The van der Waals surface area contributed by atoms with Crippen molar-refractivity contribution in [1.82, 2.24) is 0 Å². The zero-order valence-electron chi connectivity index (χ0n) is 11.1. The van der Waals surface area contributed by atoms with Crippen molar-refractivity contribution in [2.24, 2.45) is 0 Å². The third kappa shape index (κ3) is 2.59. The molecule has 0 spiro atoms. The van der Waals surface area contributed by atoms with Crippen LogP contribution in [0, 0.1) is 6.07 Å². The highest BCUT2D eigenvalue weighted by Crippen LogP contribution is 2.30. The van der Waals surface area contributed by atoms with Crippen molar-refractivity contribution in [2.75, 3.05) is 0 Å². The lowest BCUT2D eigenvalue weighted by Crippen LogP contribution is -1.96. The largest absolute Gasteiger partial charge is 0.152 e. The van der Waals surface area contributed by atoms with Crippen molar-refractivity contribution in [3.8, 4) is 11.1 Å². The molecular weight excluding hydrogens is 260 g/mol. The van der Waals surface area contributed by atoms with Crippen molar-refractivity contribution >= 4 is 11.3 Å². The Balaban J connectivity index is 2.01. The van der Waals surface area contributed by atoms with Crippen LogP contribution < -0.4 is 0 Å². The molecule has 1 unspecified atom stereocenters. The van der Waals surface area contributed by atoms with E-state index in [9.17, 15) is 0 Å². The summed E-state index contributed by atoms with van der Waals surface area (Å²) in [6, 6.07) is 22.2. The predicted molar refractivity (Wildman–Crippen MR) is 87.1 cm³/mol. The second-order valence-electron chi connectivity index (χ2n) is 4.67. The lowest BCUT2D eigenvalue weighted by Gasteiger charge is -2.13. The van der Waals surface area contributed by atoms with Gasteiger partial charge in [-0.25, -0.2) is 0 Å². The van der Waals surface area contributed by atoms with Crippen LogP contribution in [0.3, 0.4) is 0 Å². The first kappa shape index (κ1) is 12.9. The second kappa shape index (κ2) is 5.89. The first-order valence-electron chi connectivity index (χ1n) is 6.60. The molecule has 0 saturated heterocycles. The summed E-state index contributed by atoms with van der Waals surface area (Å²) in [6.45, 7) is 3.99. The fraction of sp³-hybridized carbons (Fsp3) is 0.0526. The molecule has 0 saturated carbocycles. The molecule has 0 aliphatic rings. The van der Waals surface area contributed by atoms with Gasteiger partial charge >= 0.3 is 0 Å². The molecule has 1 heterocycles. The van der Waals surface area contributed by atoms with E-state index in [4.69, 9.17) is 0 Å². The van der Waals surface area contributed by atoms with Crippen molar-refractivity contribution in [2.45, 2.75) is 5.92 Å². The number of benzene rings is 2. The molecule has 3 rings (SSSR count). The van der Waals surface area contributed by atoms with E-state index in [1.165, 1.54) is 16.7 Å². The van der Waals surface area contributed by atoms with Gasteiger partial charge in [0.2, 0.25) is 0 Å². The zero-order valence-corrected chi connectivity index (χ0v) is 11.9. The van der Waals surface area contributed by atoms with Gasteiger partial charge in [-0.15, -0.1) is 6.58 Å². The molecule has 0 aliphatic heterocycles. The molecule has 0 aliphatic carbocycles. The molecular formula is C19H15S. The van der Waals surface area contributed by atoms with E-state index < -0.39 is 0 Å². The number of thiophene rings is 1. The van der Waals surface area contributed by atoms with E-state index in [1.807, 2.05) is 18.2 Å². The van der Waals surface area contributed by atoms with Gasteiger partial charge in [0.15, 0.2) is 0 Å². The molecule has 0 amide bonds. The topological polar surface area (TPSA) is 0 Å². The van der Waals surface area contributed by atoms with Gasteiger partial charge in [0.1, 0.15) is 0 Å². The molecule has 0 N–H and O–H groups in total. The van der Waals surface area contributed by atoms with Gasteiger partial charge in [0, 0.05) is 5.92 Å². The normalized spacial score (nSPS) is 12.0. The van der Waals surface area contributed by atoms with E-state index in [-0.39, 0.29) is 5.92 Å². The summed E-state index contributed by atoms with van der Waals surface area (Å²) in [5.41, 5.74) is 4.89. The van der Waals surface area contributed by atoms with Crippen LogP contribution in [0.25, 0.3) is 11.1 Å². The van der Waals surface area contributed by atoms with Crippen LogP contribution in [0.5, 0.6) is 0 Å². The van der Waals surface area contributed by atoms with Gasteiger partial charge in [0.05, 0.1) is 0 Å². The van der Waals surface area contributed by atoms with Crippen LogP contribution >= 0.6 is 11.3 Å². The number of hydrogen-bond acceptors (Lipinski definition) is 1. The molecule has 0 bridgehead atoms. The summed E-state index contributed by atoms with van der Waals surface area (Å²) < 4.78 is 0. The Kier molecular flexibility index (Phi) is 3.80. The smallest absolute Gasteiger partial charge is 0.0275 e. The first-order valence-corrected chi connectivity index (χ1v) is 7.54. The van der Waals surface area contributed by atoms with Crippen LogP contribution in [-0.2, 0) is 0 Å². The van der Waals surface area contributed by atoms with E-state index in [0.29, 0.717) is 0 Å². The number of rotatable bonds is 4. The summed E-state index contributed by atoms with van der Waals surface area (Å²) in [5, 5.41) is 4.30. The van der Waals surface area contributed by atoms with Crippen LogP contribution in [0.1, 0.15) is 17.0 Å². The average Bonchev–Trinajstić information content (AvgIpc) is 3.03. The molecule has 97 valence electrons. The molecule has 20 heavy (non-hydrogen) atoms. The monoisotopic (exact) mass is 275 g/mol. The molecule has 2 aromatic carbocycles. The van der Waals surface area contributed by atoms with Crippen LogP contribution in [0.15, 0.2) is 78.0 Å². The molecule has 3 aromatic rings. The Hall–Kier alpha value is -2.12. The SMILES string of the molecule is C=CC(c1ccsc1)c1cc[c]c(-c2ccccc2)c1. The van der Waals surface area contributed by atoms with Gasteiger partial charge in [-0.3, -0.25) is 0 Å². The first-order chi connectivity index (χ1) is 9.88. The van der Waals surface area contributed by atoms with Gasteiger partial charge in [-0.05, 0) is 51.2 Å². The Morgan fingerprint density at radius 1 is 1.05 bits per heavy atom. The minimum Gasteiger partial charge on any atom is -0.152 e. The lowest BCUT2D eigenvalue weighted by atomic mass is 9.91. The quantitative estimate of drug-likeness (QED) is 0.549. The maximum atomic E-state index is 3.99. The molecule has 0 fully saturated rings. The molecule has 1 aromatic heterocycles. The summed E-state index contributed by atoms with van der Waals surface area (Å²) in [7, 11) is 0. The summed E-state index contributed by atoms with van der Waals surface area (Å²) in [5.74, 6) is 0.248. The van der Waals surface area contributed by atoms with E-state index >= 15 is 0 Å². The van der Waals surface area contributed by atoms with Crippen molar-refractivity contribution in [3.05, 3.63) is 95.2 Å². The third-order valence-corrected chi connectivity index (χ3v) is 4.11. The van der Waals surface area contributed by atoms with Crippen LogP contribution in [0.4, 0.5) is 0 Å². The van der Waals surface area contributed by atoms with Crippen LogP contribution in [-0.4, -0.2) is 0 Å². The Labute approximate surface area is 124 Å². The zero-order chi connectivity index (χ0) is 13.8. The van der Waals surface area contributed by atoms with Crippen molar-refractivity contribution < 1.29 is 0 Å². The summed E-state index contributed by atoms with van der Waals surface area (Å²) in [6.07, 6.45) is 2.01. The Morgan fingerprint density at radius 3 is 2.60 bits per heavy atom. The standard InChI is InChI=1S/C19H15S/c1-2-19(18-11-12-20-14-18)17-10-6-9-16(13-17)15-7-4-3-5-8-15/h2-8,10-14,19H,1H2. The predicted octanol–water partition coefficient (Wildman–Crippen LogP) is 5.53. The second-order valence-corrected chi connectivity index (χ2v) is 5.45. The minimum atomic E-state index is 0.248. The molecule has 1 heteroatoms. The van der Waals surface area contributed by atoms with Gasteiger partial charge in [0.25, 0.3) is 0 Å². The number of hydrogen-bond donors (Lipinski definition) is 0. The summed E-state index contributed by atoms with van der Waals surface area (Å²) in [4.78, 5) is 0. The maximum absolute atomic E-state index is 3.99. The van der Waals surface area contributed by atoms with Crippen LogP contribution in [0.2, 0.25) is 0 Å². The molecule has 1 atom stereocenters. The molecule has 0 nitrogen and oxygen atoms in total. The highest BCUT2D eigenvalue weighted by molar-refractivity contribution is 7.08. The highest BCUT2D eigenvalue weighted by atomic mass is 32.1. The average molecular weight is 275 g/mol. The summed E-state index contributed by atoms with van der Waals surface area (Å²) >= 11 is 1.72. The molecule has 1 radical (unpaired) electrons. The lowest BCUT2D eigenvalue weighted by molar-refractivity contribution is 1.04. The van der Waals surface area contributed by atoms with Gasteiger partial charge in [-0.1, -0.05) is 48.5 Å². The van der Waals surface area contributed by atoms with E-state index in [2.05, 4.69) is 65.9 Å². The van der Waals surface area contributed by atoms with E-state index in [1.54, 1.807) is 11.3 Å². The Morgan fingerprint density at radius 2 is 1.90 bits per heavy atom. The minimum absolute atomic E-state index is 0.248. The van der Waals surface area contributed by atoms with E-state index in [0.717, 1.165) is 5.56 Å². The fourth-order valence-corrected chi connectivity index (χ4v) is 3.08.